The zero-order valence-electron chi connectivity index (χ0n) is 81.4. The van der Waals surface area contributed by atoms with Gasteiger partial charge in [-0.3, -0.25) is 0 Å². The first-order valence-electron chi connectivity index (χ1n) is 50.4. The highest BCUT2D eigenvalue weighted by atomic mass is 32.1. The van der Waals surface area contributed by atoms with Crippen LogP contribution in [0.4, 0.5) is 0 Å². The molecule has 3 aromatic heterocycles. The van der Waals surface area contributed by atoms with Crippen molar-refractivity contribution in [3.8, 4) is 145 Å². The highest BCUT2D eigenvalue weighted by molar-refractivity contribution is 7.26. The highest BCUT2D eigenvalue weighted by Crippen LogP contribution is 2.52. The molecule has 0 nitrogen and oxygen atoms in total. The van der Waals surface area contributed by atoms with Gasteiger partial charge in [-0.1, -0.05) is 451 Å². The average Bonchev–Trinajstić information content (AvgIpc) is 0.935. The maximum Gasteiger partial charge on any atom is 0.0355 e. The molecule has 146 heavy (non-hydrogen) atoms. The van der Waals surface area contributed by atoms with E-state index in [1.807, 2.05) is 34.0 Å². The number of fused-ring (bicyclic) bond motifs is 15. The molecule has 0 amide bonds. The summed E-state index contributed by atoms with van der Waals surface area (Å²) in [5.41, 5.74) is 35.0. The molecule has 688 valence electrons. The van der Waals surface area contributed by atoms with Crippen molar-refractivity contribution in [1.82, 2.24) is 0 Å². The van der Waals surface area contributed by atoms with Crippen molar-refractivity contribution >= 4 is 159 Å². The summed E-state index contributed by atoms with van der Waals surface area (Å²) in [5.74, 6) is 0. The third-order valence-electron chi connectivity index (χ3n) is 29.6. The third-order valence-corrected chi connectivity index (χ3v) is 33.1. The van der Waals surface area contributed by atoms with Crippen molar-refractivity contribution in [2.24, 2.45) is 0 Å². The number of rotatable bonds is 13. The van der Waals surface area contributed by atoms with Crippen LogP contribution in [0.2, 0.25) is 0 Å². The Labute approximate surface area is 862 Å². The monoisotopic (exact) mass is 1910 g/mol. The molecule has 28 aromatic rings. The fraction of sp³-hybridized carbons (Fsp3) is 0.0350. The summed E-state index contributed by atoms with van der Waals surface area (Å²) in [5, 5.41) is 23.2. The summed E-state index contributed by atoms with van der Waals surface area (Å²) in [6.07, 6.45) is 0. The Kier molecular flexibility index (Phi) is 22.9. The minimum absolute atomic E-state index is 0.104. The van der Waals surface area contributed by atoms with Gasteiger partial charge in [0.1, 0.15) is 0 Å². The first-order valence-corrected chi connectivity index (χ1v) is 52.9. The van der Waals surface area contributed by atoms with Crippen molar-refractivity contribution in [2.45, 2.75) is 33.1 Å². The zero-order chi connectivity index (χ0) is 97.5. The van der Waals surface area contributed by atoms with Crippen LogP contribution in [0, 0.1) is 6.92 Å². The molecule has 0 saturated carbocycles. The molecule has 0 fully saturated rings. The molecule has 0 aliphatic carbocycles. The van der Waals surface area contributed by atoms with Crippen LogP contribution in [0.15, 0.2) is 522 Å². The molecule has 0 N–H and O–H groups in total. The summed E-state index contributed by atoms with van der Waals surface area (Å²) < 4.78 is 8.01. The Morgan fingerprint density at radius 1 is 0.123 bits per heavy atom. The highest BCUT2D eigenvalue weighted by Gasteiger charge is 2.25. The minimum Gasteiger partial charge on any atom is -0.135 e. The summed E-state index contributed by atoms with van der Waals surface area (Å²) >= 11 is 5.60. The summed E-state index contributed by atoms with van der Waals surface area (Å²) in [4.78, 5) is 0. The van der Waals surface area contributed by atoms with Gasteiger partial charge in [0, 0.05) is 60.5 Å². The molecule has 25 aromatic carbocycles. The Morgan fingerprint density at radius 2 is 0.308 bits per heavy atom. The number of hydrogen-bond acceptors (Lipinski definition) is 3. The van der Waals surface area contributed by atoms with Crippen molar-refractivity contribution in [3.05, 3.63) is 533 Å². The van der Waals surface area contributed by atoms with E-state index in [0.29, 0.717) is 0 Å². The summed E-state index contributed by atoms with van der Waals surface area (Å²) in [6.45, 7) is 8.99. The standard InChI is InChI=1S/C50H32S.C48H36S.C45H30S/c1-3-13-33(14-4-1)35-17-12-20-40(30-35)50-43-23-8-7-22-42(43)49(34-15-5-2-6-16-34)44-27-25-38(32-46(44)50)36-18-11-19-37(29-36)39-26-28-48-45(31-39)41-21-9-10-24-47(41)51-48;1-48(2,3)37-24-20-32(21-25-37)46-39-17-7-8-18-40(39)47(31-12-5-4-6-13-31)43-30-35(22-26-41(43)46)33-14-11-15-34(28-33)36-23-27-45-42(29-36)38-16-9-10-19-44(38)49-45;1-29-18-20-31(21-19-29)44-37-15-5-6-16-38(37)45(30-10-3-2-4-11-30)41-28-34(22-24-39(41)44)32-12-9-13-33(26-32)35-23-25-43-40(27-35)36-14-7-8-17-42(36)46-43/h1-32H;4-30H,1-3H3;2-28H,1H3. The van der Waals surface area contributed by atoms with Crippen LogP contribution in [0.1, 0.15) is 31.9 Å². The predicted octanol–water partition coefficient (Wildman–Crippen LogP) is 42.4. The summed E-state index contributed by atoms with van der Waals surface area (Å²) in [6, 6.07) is 193. The molecule has 0 atom stereocenters. The van der Waals surface area contributed by atoms with Crippen molar-refractivity contribution < 1.29 is 0 Å². The van der Waals surface area contributed by atoms with Gasteiger partial charge in [-0.15, -0.1) is 34.0 Å². The van der Waals surface area contributed by atoms with E-state index >= 15 is 0 Å². The van der Waals surface area contributed by atoms with Gasteiger partial charge in [0.15, 0.2) is 0 Å². The molecule has 0 aliphatic heterocycles. The van der Waals surface area contributed by atoms with Crippen LogP contribution in [-0.2, 0) is 5.41 Å². The molecule has 0 bridgehead atoms. The van der Waals surface area contributed by atoms with Gasteiger partial charge in [-0.25, -0.2) is 0 Å². The molecule has 0 spiro atoms. The Balaban J connectivity index is 0.000000111. The van der Waals surface area contributed by atoms with Crippen LogP contribution in [0.3, 0.4) is 0 Å². The first kappa shape index (κ1) is 88.9. The largest absolute Gasteiger partial charge is 0.135 e. The second-order valence-corrected chi connectivity index (χ2v) is 42.8. The molecule has 0 aliphatic rings. The Hall–Kier alpha value is -17.3. The number of benzene rings is 25. The van der Waals surface area contributed by atoms with Crippen molar-refractivity contribution in [3.63, 3.8) is 0 Å². The van der Waals surface area contributed by atoms with Gasteiger partial charge < -0.3 is 0 Å². The van der Waals surface area contributed by atoms with E-state index in [4.69, 9.17) is 0 Å². The quantitative estimate of drug-likeness (QED) is 0.101. The van der Waals surface area contributed by atoms with E-state index in [2.05, 4.69) is 549 Å². The Bertz CT molecular complexity index is 9950. The van der Waals surface area contributed by atoms with E-state index in [-0.39, 0.29) is 5.41 Å². The molecular formula is C143H98S3. The maximum absolute atomic E-state index is 2.42. The van der Waals surface area contributed by atoms with Gasteiger partial charge in [-0.2, -0.15) is 0 Å². The lowest BCUT2D eigenvalue weighted by Crippen LogP contribution is -2.10. The minimum atomic E-state index is 0.104. The van der Waals surface area contributed by atoms with E-state index in [1.54, 1.807) is 0 Å². The van der Waals surface area contributed by atoms with E-state index in [9.17, 15) is 0 Å². The average molecular weight is 1910 g/mol. The fourth-order valence-electron chi connectivity index (χ4n) is 22.4. The third kappa shape index (κ3) is 16.5. The van der Waals surface area contributed by atoms with Crippen LogP contribution in [-0.4, -0.2) is 0 Å². The van der Waals surface area contributed by atoms with Crippen molar-refractivity contribution in [2.75, 3.05) is 0 Å². The molecule has 3 heterocycles. The van der Waals surface area contributed by atoms with Crippen LogP contribution in [0.5, 0.6) is 0 Å². The lowest BCUT2D eigenvalue weighted by atomic mass is 9.83. The van der Waals surface area contributed by atoms with Gasteiger partial charge in [-0.05, 0) is 324 Å². The van der Waals surface area contributed by atoms with Gasteiger partial charge in [0.25, 0.3) is 0 Å². The van der Waals surface area contributed by atoms with E-state index in [0.717, 1.165) is 0 Å². The van der Waals surface area contributed by atoms with E-state index in [1.165, 1.54) is 281 Å². The molecule has 3 heteroatoms. The SMILES string of the molecule is CC(C)(C)c1ccc(-c2c3ccccc3c(-c3ccccc3)c3cc(-c4cccc(-c5ccc6sc7ccccc7c6c5)c4)ccc23)cc1.Cc1ccc(-c2c3ccccc3c(-c3ccccc3)c3cc(-c4cccc(-c5ccc6sc7ccccc7c6c5)c4)ccc23)cc1.c1ccc(-c2cccc(-c3c4ccccc4c(-c4ccccc4)c4ccc(-c5cccc(-c6ccc7sc8ccccc8c7c6)c5)cc34)c2)cc1. The normalized spacial score (nSPS) is 11.7. The van der Waals surface area contributed by atoms with Gasteiger partial charge in [0.2, 0.25) is 0 Å². The van der Waals surface area contributed by atoms with Crippen LogP contribution in [0.25, 0.3) is 270 Å². The smallest absolute Gasteiger partial charge is 0.0355 e. The lowest BCUT2D eigenvalue weighted by molar-refractivity contribution is 0.590. The first-order chi connectivity index (χ1) is 71.9. The maximum atomic E-state index is 2.42. The lowest BCUT2D eigenvalue weighted by Gasteiger charge is -2.21. The van der Waals surface area contributed by atoms with Gasteiger partial charge in [0.05, 0.1) is 0 Å². The van der Waals surface area contributed by atoms with E-state index < -0.39 is 0 Å². The molecule has 28 rings (SSSR count). The summed E-state index contributed by atoms with van der Waals surface area (Å²) in [7, 11) is 0. The second kappa shape index (κ2) is 37.5. The molecule has 0 radical (unpaired) electrons. The van der Waals surface area contributed by atoms with Crippen LogP contribution >= 0.6 is 34.0 Å². The number of thiophene rings is 3. The van der Waals surface area contributed by atoms with Gasteiger partial charge >= 0.3 is 0 Å². The molecular weight excluding hydrogens is 1810 g/mol. The Morgan fingerprint density at radius 3 is 0.610 bits per heavy atom. The molecule has 0 saturated heterocycles. The fourth-order valence-corrected chi connectivity index (χ4v) is 25.7. The number of aryl methyl sites for hydroxylation is 1. The zero-order valence-corrected chi connectivity index (χ0v) is 83.8. The second-order valence-electron chi connectivity index (χ2n) is 39.6. The molecule has 0 unspecified atom stereocenters. The van der Waals surface area contributed by atoms with Crippen molar-refractivity contribution in [1.29, 1.82) is 0 Å². The number of hydrogen-bond donors (Lipinski definition) is 0. The topological polar surface area (TPSA) is 0 Å². The predicted molar refractivity (Wildman–Crippen MR) is 637 cm³/mol. The van der Waals surface area contributed by atoms with Crippen LogP contribution < -0.4 is 0 Å².